The van der Waals surface area contributed by atoms with Gasteiger partial charge in [-0.25, -0.2) is 0 Å². The number of amides is 1. The van der Waals surface area contributed by atoms with Gasteiger partial charge in [0.1, 0.15) is 0 Å². The SMILES string of the molecule is C=Cc1cc(C(=O)Nc2cc(N)cnc2C)ccc1N=C. The van der Waals surface area contributed by atoms with Crippen molar-refractivity contribution in [3.8, 4) is 0 Å². The normalized spacial score (nSPS) is 9.95. The zero-order valence-corrected chi connectivity index (χ0v) is 11.8. The van der Waals surface area contributed by atoms with Gasteiger partial charge in [0.2, 0.25) is 0 Å². The molecule has 106 valence electrons. The van der Waals surface area contributed by atoms with Gasteiger partial charge < -0.3 is 11.1 Å². The van der Waals surface area contributed by atoms with Gasteiger partial charge in [0.05, 0.1) is 29.0 Å². The molecule has 1 heterocycles. The van der Waals surface area contributed by atoms with Gasteiger partial charge in [-0.1, -0.05) is 12.7 Å². The van der Waals surface area contributed by atoms with Gasteiger partial charge in [0.15, 0.2) is 0 Å². The smallest absolute Gasteiger partial charge is 0.255 e. The first kappa shape index (κ1) is 14.5. The van der Waals surface area contributed by atoms with Gasteiger partial charge in [-0.2, -0.15) is 0 Å². The summed E-state index contributed by atoms with van der Waals surface area (Å²) in [5, 5.41) is 2.79. The van der Waals surface area contributed by atoms with Crippen molar-refractivity contribution in [1.82, 2.24) is 4.98 Å². The number of nitrogens with zero attached hydrogens (tertiary/aromatic N) is 2. The van der Waals surface area contributed by atoms with Crippen molar-refractivity contribution in [2.24, 2.45) is 4.99 Å². The van der Waals surface area contributed by atoms with E-state index in [4.69, 9.17) is 5.73 Å². The van der Waals surface area contributed by atoms with E-state index in [0.717, 1.165) is 5.56 Å². The maximum atomic E-state index is 12.3. The number of aromatic nitrogens is 1. The van der Waals surface area contributed by atoms with Gasteiger partial charge in [-0.05, 0) is 37.9 Å². The lowest BCUT2D eigenvalue weighted by Crippen LogP contribution is -2.13. The summed E-state index contributed by atoms with van der Waals surface area (Å²) >= 11 is 0. The van der Waals surface area contributed by atoms with Crippen molar-refractivity contribution >= 4 is 35.8 Å². The van der Waals surface area contributed by atoms with Gasteiger partial charge >= 0.3 is 0 Å². The maximum absolute atomic E-state index is 12.3. The molecule has 0 fully saturated rings. The van der Waals surface area contributed by atoms with E-state index in [1.165, 1.54) is 0 Å². The first-order chi connectivity index (χ1) is 10.0. The molecule has 21 heavy (non-hydrogen) atoms. The Kier molecular flexibility index (Phi) is 4.13. The Labute approximate surface area is 123 Å². The molecule has 0 unspecified atom stereocenters. The predicted octanol–water partition coefficient (Wildman–Crippen LogP) is 3.20. The van der Waals surface area contributed by atoms with Crippen molar-refractivity contribution in [3.05, 3.63) is 53.9 Å². The molecule has 1 amide bonds. The third-order valence-electron chi connectivity index (χ3n) is 3.04. The third kappa shape index (κ3) is 3.14. The van der Waals surface area contributed by atoms with Gasteiger partial charge in [-0.3, -0.25) is 14.8 Å². The van der Waals surface area contributed by atoms with Crippen molar-refractivity contribution < 1.29 is 4.79 Å². The Morgan fingerprint density at radius 2 is 2.19 bits per heavy atom. The molecule has 0 spiro atoms. The molecule has 0 saturated heterocycles. The van der Waals surface area contributed by atoms with Crippen LogP contribution in [-0.2, 0) is 0 Å². The molecule has 0 aliphatic heterocycles. The molecule has 1 aromatic carbocycles. The highest BCUT2D eigenvalue weighted by molar-refractivity contribution is 6.05. The van der Waals surface area contributed by atoms with Crippen LogP contribution in [0.1, 0.15) is 21.6 Å². The summed E-state index contributed by atoms with van der Waals surface area (Å²) in [5.41, 5.74) is 9.40. The van der Waals surface area contributed by atoms with Crippen LogP contribution >= 0.6 is 0 Å². The summed E-state index contributed by atoms with van der Waals surface area (Å²) in [6.07, 6.45) is 3.18. The van der Waals surface area contributed by atoms with E-state index >= 15 is 0 Å². The topological polar surface area (TPSA) is 80.4 Å². The third-order valence-corrected chi connectivity index (χ3v) is 3.04. The van der Waals surface area contributed by atoms with Crippen LogP contribution in [0.15, 0.2) is 42.0 Å². The number of pyridine rings is 1. The van der Waals surface area contributed by atoms with Crippen LogP contribution in [0.4, 0.5) is 17.1 Å². The number of nitrogens with one attached hydrogen (secondary N) is 1. The molecule has 0 aliphatic carbocycles. The van der Waals surface area contributed by atoms with Crippen molar-refractivity contribution in [2.45, 2.75) is 6.92 Å². The summed E-state index contributed by atoms with van der Waals surface area (Å²) in [5.74, 6) is -0.246. The summed E-state index contributed by atoms with van der Waals surface area (Å²) in [4.78, 5) is 20.3. The molecular formula is C16H16N4O. The highest BCUT2D eigenvalue weighted by Crippen LogP contribution is 2.22. The minimum absolute atomic E-state index is 0.246. The largest absolute Gasteiger partial charge is 0.397 e. The van der Waals surface area contributed by atoms with E-state index in [0.29, 0.717) is 28.3 Å². The number of nitrogens with two attached hydrogens (primary N) is 1. The lowest BCUT2D eigenvalue weighted by Gasteiger charge is -2.09. The number of nitrogen functional groups attached to an aromatic ring is 1. The molecule has 5 heteroatoms. The second-order valence-electron chi connectivity index (χ2n) is 4.49. The van der Waals surface area contributed by atoms with E-state index in [1.807, 2.05) is 0 Å². The molecule has 3 N–H and O–H groups in total. The van der Waals surface area contributed by atoms with Crippen LogP contribution in [0.5, 0.6) is 0 Å². The number of anilines is 2. The second kappa shape index (κ2) is 6.00. The predicted molar refractivity (Wildman–Crippen MR) is 87.1 cm³/mol. The fourth-order valence-electron chi connectivity index (χ4n) is 1.87. The monoisotopic (exact) mass is 280 g/mol. The Morgan fingerprint density at radius 3 is 2.86 bits per heavy atom. The molecule has 0 saturated carbocycles. The Balaban J connectivity index is 2.30. The zero-order valence-electron chi connectivity index (χ0n) is 11.8. The lowest BCUT2D eigenvalue weighted by atomic mass is 10.1. The van der Waals surface area contributed by atoms with Crippen molar-refractivity contribution in [3.63, 3.8) is 0 Å². The van der Waals surface area contributed by atoms with Gasteiger partial charge in [0, 0.05) is 11.1 Å². The van der Waals surface area contributed by atoms with Gasteiger partial charge in [0.25, 0.3) is 5.91 Å². The van der Waals surface area contributed by atoms with Crippen LogP contribution in [0.2, 0.25) is 0 Å². The van der Waals surface area contributed by atoms with E-state index in [-0.39, 0.29) is 5.91 Å². The fraction of sp³-hybridized carbons (Fsp3) is 0.0625. The summed E-state index contributed by atoms with van der Waals surface area (Å²) in [7, 11) is 0. The first-order valence-electron chi connectivity index (χ1n) is 6.32. The van der Waals surface area contributed by atoms with Crippen LogP contribution in [0.3, 0.4) is 0 Å². The number of benzene rings is 1. The second-order valence-corrected chi connectivity index (χ2v) is 4.49. The van der Waals surface area contributed by atoms with Crippen LogP contribution in [0, 0.1) is 6.92 Å². The Morgan fingerprint density at radius 1 is 1.43 bits per heavy atom. The fourth-order valence-corrected chi connectivity index (χ4v) is 1.87. The molecular weight excluding hydrogens is 264 g/mol. The molecule has 2 aromatic rings. The summed E-state index contributed by atoms with van der Waals surface area (Å²) in [6.45, 7) is 8.99. The van der Waals surface area contributed by atoms with Crippen LogP contribution in [0.25, 0.3) is 6.08 Å². The van der Waals surface area contributed by atoms with Gasteiger partial charge in [-0.15, -0.1) is 0 Å². The van der Waals surface area contributed by atoms with E-state index in [2.05, 4.69) is 28.6 Å². The molecule has 0 bridgehead atoms. The number of aliphatic imine (C=N–C) groups is 1. The number of aryl methyl sites for hydroxylation is 1. The lowest BCUT2D eigenvalue weighted by molar-refractivity contribution is 0.102. The van der Waals surface area contributed by atoms with Crippen LogP contribution in [-0.4, -0.2) is 17.6 Å². The standard InChI is InChI=1S/C16H16N4O/c1-4-11-7-12(5-6-14(11)18-3)16(21)20-15-8-13(17)9-19-10(15)2/h4-9H,1,3,17H2,2H3,(H,20,21). The van der Waals surface area contributed by atoms with E-state index in [9.17, 15) is 4.79 Å². The number of carbonyl (C=O) groups excluding carboxylic acids is 1. The van der Waals surface area contributed by atoms with Crippen LogP contribution < -0.4 is 11.1 Å². The number of carbonyl (C=O) groups is 1. The highest BCUT2D eigenvalue weighted by atomic mass is 16.1. The first-order valence-corrected chi connectivity index (χ1v) is 6.32. The van der Waals surface area contributed by atoms with E-state index in [1.54, 1.807) is 43.5 Å². The quantitative estimate of drug-likeness (QED) is 0.844. The zero-order chi connectivity index (χ0) is 15.4. The maximum Gasteiger partial charge on any atom is 0.255 e. The molecule has 0 atom stereocenters. The number of rotatable bonds is 4. The molecule has 0 radical (unpaired) electrons. The summed E-state index contributed by atoms with van der Waals surface area (Å²) < 4.78 is 0. The average molecular weight is 280 g/mol. The Bertz CT molecular complexity index is 722. The minimum atomic E-state index is -0.246. The highest BCUT2D eigenvalue weighted by Gasteiger charge is 2.10. The number of hydrogen-bond donors (Lipinski definition) is 2. The molecule has 5 nitrogen and oxygen atoms in total. The molecule has 1 aromatic heterocycles. The van der Waals surface area contributed by atoms with E-state index < -0.39 is 0 Å². The Hall–Kier alpha value is -2.95. The molecule has 0 aliphatic rings. The van der Waals surface area contributed by atoms with Crippen molar-refractivity contribution in [2.75, 3.05) is 11.1 Å². The van der Waals surface area contributed by atoms with Crippen molar-refractivity contribution in [1.29, 1.82) is 0 Å². The minimum Gasteiger partial charge on any atom is -0.397 e. The number of hydrogen-bond acceptors (Lipinski definition) is 4. The molecule has 2 rings (SSSR count). The average Bonchev–Trinajstić information content (AvgIpc) is 2.50. The summed E-state index contributed by atoms with van der Waals surface area (Å²) in [6, 6.07) is 6.79.